The molecule has 0 bridgehead atoms. The van der Waals surface area contributed by atoms with Crippen LogP contribution < -0.4 is 10.2 Å². The number of hydrogen-bond donors (Lipinski definition) is 2. The second-order valence-electron chi connectivity index (χ2n) is 4.73. The highest BCUT2D eigenvalue weighted by Crippen LogP contribution is 2.15. The van der Waals surface area contributed by atoms with E-state index in [2.05, 4.69) is 21.0 Å². The van der Waals surface area contributed by atoms with E-state index in [1.807, 2.05) is 0 Å². The molecule has 8 heteroatoms. The van der Waals surface area contributed by atoms with Gasteiger partial charge in [-0.1, -0.05) is 31.9 Å². The fourth-order valence-electron chi connectivity index (χ4n) is 1.60. The van der Waals surface area contributed by atoms with Crippen molar-refractivity contribution in [3.63, 3.8) is 0 Å². The topological polar surface area (TPSA) is 84.5 Å². The Morgan fingerprint density at radius 3 is 2.59 bits per heavy atom. The first-order valence-electron chi connectivity index (χ1n) is 6.41. The van der Waals surface area contributed by atoms with Gasteiger partial charge in [0, 0.05) is 0 Å². The first kappa shape index (κ1) is 18.1. The fourth-order valence-corrected chi connectivity index (χ4v) is 3.02. The number of terminal acetylenes is 1. The SMILES string of the molecule is C#CCONC(=O)C(NS(=O)(=O)c1ccccc1F)C(C)C. The molecule has 1 atom stereocenters. The molecular weight excluding hydrogens is 311 g/mol. The molecule has 0 saturated carbocycles. The lowest BCUT2D eigenvalue weighted by Crippen LogP contribution is -2.49. The van der Waals surface area contributed by atoms with E-state index in [4.69, 9.17) is 6.42 Å². The number of carbonyl (C=O) groups excluding carboxylic acids is 1. The predicted molar refractivity (Wildman–Crippen MR) is 78.3 cm³/mol. The molecule has 0 aliphatic carbocycles. The molecule has 0 spiro atoms. The largest absolute Gasteiger partial charge is 0.271 e. The average Bonchev–Trinajstić information content (AvgIpc) is 2.45. The van der Waals surface area contributed by atoms with Gasteiger partial charge in [-0.2, -0.15) is 4.72 Å². The molecule has 0 radical (unpaired) electrons. The van der Waals surface area contributed by atoms with Gasteiger partial charge in [-0.05, 0) is 18.1 Å². The van der Waals surface area contributed by atoms with Gasteiger partial charge in [0.05, 0.1) is 0 Å². The van der Waals surface area contributed by atoms with Crippen molar-refractivity contribution in [2.45, 2.75) is 24.8 Å². The van der Waals surface area contributed by atoms with Crippen LogP contribution in [0, 0.1) is 24.1 Å². The van der Waals surface area contributed by atoms with E-state index in [9.17, 15) is 17.6 Å². The van der Waals surface area contributed by atoms with Crippen LogP contribution in [0.4, 0.5) is 4.39 Å². The average molecular weight is 328 g/mol. The Bertz CT molecular complexity index is 668. The van der Waals surface area contributed by atoms with Gasteiger partial charge >= 0.3 is 0 Å². The zero-order valence-electron chi connectivity index (χ0n) is 12.2. The second kappa shape index (κ2) is 7.89. The Hall–Kier alpha value is -1.95. The third-order valence-electron chi connectivity index (χ3n) is 2.69. The number of halogens is 1. The van der Waals surface area contributed by atoms with Crippen LogP contribution in [-0.4, -0.2) is 27.0 Å². The number of hydrogen-bond acceptors (Lipinski definition) is 4. The van der Waals surface area contributed by atoms with Gasteiger partial charge in [0.2, 0.25) is 10.0 Å². The zero-order valence-corrected chi connectivity index (χ0v) is 13.0. The monoisotopic (exact) mass is 328 g/mol. The summed E-state index contributed by atoms with van der Waals surface area (Å²) in [6, 6.07) is 3.76. The molecule has 0 fully saturated rings. The van der Waals surface area contributed by atoms with E-state index in [1.165, 1.54) is 12.1 Å². The van der Waals surface area contributed by atoms with E-state index < -0.39 is 38.6 Å². The van der Waals surface area contributed by atoms with Crippen LogP contribution in [0.2, 0.25) is 0 Å². The van der Waals surface area contributed by atoms with E-state index in [0.29, 0.717) is 0 Å². The van der Waals surface area contributed by atoms with Crippen molar-refractivity contribution in [2.75, 3.05) is 6.61 Å². The minimum absolute atomic E-state index is 0.156. The number of rotatable bonds is 7. The Kier molecular flexibility index (Phi) is 6.49. The highest BCUT2D eigenvalue weighted by atomic mass is 32.2. The lowest BCUT2D eigenvalue weighted by molar-refractivity contribution is -0.135. The van der Waals surface area contributed by atoms with Crippen LogP contribution >= 0.6 is 0 Å². The molecule has 2 N–H and O–H groups in total. The minimum atomic E-state index is -4.19. The predicted octanol–water partition coefficient (Wildman–Crippen LogP) is 0.810. The summed E-state index contributed by atoms with van der Waals surface area (Å²) < 4.78 is 40.2. The van der Waals surface area contributed by atoms with Gasteiger partial charge in [-0.3, -0.25) is 9.63 Å². The summed E-state index contributed by atoms with van der Waals surface area (Å²) in [5, 5.41) is 0. The van der Waals surface area contributed by atoms with E-state index in [-0.39, 0.29) is 6.61 Å². The molecular formula is C14H17FN2O4S. The normalized spacial score (nSPS) is 12.7. The van der Waals surface area contributed by atoms with E-state index in [1.54, 1.807) is 13.8 Å². The standard InChI is InChI=1S/C14H17FN2O4S/c1-4-9-21-16-14(18)13(10(2)3)17-22(19,20)12-8-6-5-7-11(12)15/h1,5-8,10,13,17H,9H2,2-3H3,(H,16,18). The fraction of sp³-hybridized carbons (Fsp3) is 0.357. The minimum Gasteiger partial charge on any atom is -0.271 e. The van der Waals surface area contributed by atoms with E-state index in [0.717, 1.165) is 12.1 Å². The summed E-state index contributed by atoms with van der Waals surface area (Å²) in [5.74, 6) is 0.136. The van der Waals surface area contributed by atoms with Crippen LogP contribution in [0.25, 0.3) is 0 Å². The first-order valence-corrected chi connectivity index (χ1v) is 7.90. The zero-order chi connectivity index (χ0) is 16.8. The van der Waals surface area contributed by atoms with Crippen molar-refractivity contribution in [2.24, 2.45) is 5.92 Å². The van der Waals surface area contributed by atoms with Gasteiger partial charge < -0.3 is 0 Å². The van der Waals surface area contributed by atoms with E-state index >= 15 is 0 Å². The van der Waals surface area contributed by atoms with Crippen LogP contribution in [-0.2, 0) is 19.7 Å². The lowest BCUT2D eigenvalue weighted by Gasteiger charge is -2.21. The van der Waals surface area contributed by atoms with Gasteiger partial charge in [-0.25, -0.2) is 18.3 Å². The molecule has 0 saturated heterocycles. The quantitative estimate of drug-likeness (QED) is 0.441. The van der Waals surface area contributed by atoms with Crippen LogP contribution in [0.5, 0.6) is 0 Å². The molecule has 1 unspecified atom stereocenters. The van der Waals surface area contributed by atoms with Crippen molar-refractivity contribution in [1.29, 1.82) is 0 Å². The highest BCUT2D eigenvalue weighted by Gasteiger charge is 2.29. The molecule has 120 valence electrons. The Morgan fingerprint density at radius 2 is 2.05 bits per heavy atom. The van der Waals surface area contributed by atoms with Crippen LogP contribution in [0.3, 0.4) is 0 Å². The maximum absolute atomic E-state index is 13.6. The summed E-state index contributed by atoms with van der Waals surface area (Å²) in [4.78, 5) is 16.1. The smallest absolute Gasteiger partial charge is 0.261 e. The second-order valence-corrected chi connectivity index (χ2v) is 6.41. The molecule has 0 heterocycles. The molecule has 0 aliphatic heterocycles. The number of carbonyl (C=O) groups is 1. The maximum Gasteiger partial charge on any atom is 0.261 e. The van der Waals surface area contributed by atoms with Gasteiger partial charge in [0.1, 0.15) is 23.4 Å². The van der Waals surface area contributed by atoms with Crippen molar-refractivity contribution in [3.05, 3.63) is 30.1 Å². The summed E-state index contributed by atoms with van der Waals surface area (Å²) in [6.45, 7) is 3.11. The number of sulfonamides is 1. The molecule has 22 heavy (non-hydrogen) atoms. The molecule has 1 aromatic rings. The van der Waals surface area contributed by atoms with Crippen molar-refractivity contribution in [1.82, 2.24) is 10.2 Å². The lowest BCUT2D eigenvalue weighted by atomic mass is 10.1. The number of nitrogens with one attached hydrogen (secondary N) is 2. The summed E-state index contributed by atoms with van der Waals surface area (Å²) in [6.07, 6.45) is 4.97. The Labute approximate surface area is 129 Å². The van der Waals surface area contributed by atoms with Gasteiger partial charge in [-0.15, -0.1) is 6.42 Å². The van der Waals surface area contributed by atoms with Crippen LogP contribution in [0.15, 0.2) is 29.2 Å². The van der Waals surface area contributed by atoms with Crippen molar-refractivity contribution in [3.8, 4) is 12.3 Å². The third-order valence-corrected chi connectivity index (χ3v) is 4.16. The first-order chi connectivity index (χ1) is 10.3. The molecule has 1 amide bonds. The summed E-state index contributed by atoms with van der Waals surface area (Å²) in [5.41, 5.74) is 2.05. The van der Waals surface area contributed by atoms with Crippen molar-refractivity contribution < 1.29 is 22.4 Å². The summed E-state index contributed by atoms with van der Waals surface area (Å²) in [7, 11) is -4.19. The van der Waals surface area contributed by atoms with Crippen molar-refractivity contribution >= 4 is 15.9 Å². The Morgan fingerprint density at radius 1 is 1.41 bits per heavy atom. The Balaban J connectivity index is 2.94. The summed E-state index contributed by atoms with van der Waals surface area (Å²) >= 11 is 0. The van der Waals surface area contributed by atoms with Gasteiger partial charge in [0.15, 0.2) is 0 Å². The molecule has 6 nitrogen and oxygen atoms in total. The highest BCUT2D eigenvalue weighted by molar-refractivity contribution is 7.89. The number of benzene rings is 1. The molecule has 1 rings (SSSR count). The third kappa shape index (κ3) is 4.80. The van der Waals surface area contributed by atoms with Gasteiger partial charge in [0.25, 0.3) is 5.91 Å². The molecule has 1 aromatic carbocycles. The maximum atomic E-state index is 13.6. The molecule has 0 aliphatic rings. The molecule has 0 aromatic heterocycles. The van der Waals surface area contributed by atoms with Crippen LogP contribution in [0.1, 0.15) is 13.8 Å². The number of hydroxylamine groups is 1. The number of amides is 1.